The molecule has 12 atom stereocenters. The van der Waals surface area contributed by atoms with Gasteiger partial charge in [-0.15, -0.1) is 11.3 Å². The zero-order valence-corrected chi connectivity index (χ0v) is 64.3. The van der Waals surface area contributed by atoms with E-state index >= 15 is 38.4 Å². The lowest BCUT2D eigenvalue weighted by molar-refractivity contribution is -0.151. The van der Waals surface area contributed by atoms with E-state index in [4.69, 9.17) is 0 Å². The summed E-state index contributed by atoms with van der Waals surface area (Å²) in [6.07, 6.45) is -0.232. The molecule has 0 aliphatic carbocycles. The quantitative estimate of drug-likeness (QED) is 0.105. The van der Waals surface area contributed by atoms with Gasteiger partial charge in [0.15, 0.2) is 0 Å². The number of likely N-dealkylation sites (N-methyl/N-ethyl adjacent to an activating group) is 7. The smallest absolute Gasteiger partial charge is 0.248 e. The van der Waals surface area contributed by atoms with Gasteiger partial charge in [0.25, 0.3) is 0 Å². The Bertz CT molecular complexity index is 3560. The number of benzene rings is 3. The van der Waals surface area contributed by atoms with Crippen molar-refractivity contribution in [1.29, 1.82) is 0 Å². The summed E-state index contributed by atoms with van der Waals surface area (Å²) in [5.74, 6) is -9.56. The van der Waals surface area contributed by atoms with Crippen LogP contribution in [0.4, 0.5) is 0 Å². The standard InChI is InChI=1S/C77H111N13O13S/c1-47(2)37-57-73(99)87(14)61(39-49(5)6)70(96)82-66(52(9)91)77(103)84(11)51(8)72(98)86(13)63(43-56-45-104-46-78-56)69(95)80-58(40-53-29-21-17-22-30-53)74(100)89(16)64(42-55-33-25-19-26-34-55)76(102)88(15)60(38-48(3)4)67(93)81-59(75(101)90-35-27-20-28-36-90)44-65(92)83(10)50(7)71(97)85(12)62(68(94)79-57)41-54-31-23-18-24-32-54/h17-19,21-26,29-34,45-52,57-64,66,91H,20,27-28,35-44H2,1-16H3,(H,79,94)(H,80,95)(H,81,93)(H,82,96)/t50-,51-,52+,57-,58-,59-,60-,61-,62-,63-,64-,66-/m0/s1. The molecule has 2 aliphatic heterocycles. The van der Waals surface area contributed by atoms with Crippen LogP contribution in [-0.2, 0) is 83.2 Å². The van der Waals surface area contributed by atoms with Crippen molar-refractivity contribution < 1.29 is 62.6 Å². The van der Waals surface area contributed by atoms with Gasteiger partial charge < -0.3 is 65.6 Å². The number of rotatable bonds is 16. The van der Waals surface area contributed by atoms with E-state index in [9.17, 15) is 24.3 Å². The van der Waals surface area contributed by atoms with Crippen LogP contribution in [0.1, 0.15) is 130 Å². The third-order valence-corrected chi connectivity index (χ3v) is 20.6. The van der Waals surface area contributed by atoms with Crippen molar-refractivity contribution in [2.75, 3.05) is 62.4 Å². The second kappa shape index (κ2) is 39.1. The average Bonchev–Trinajstić information content (AvgIpc) is 0.853. The van der Waals surface area contributed by atoms with Crippen LogP contribution >= 0.6 is 11.3 Å². The second-order valence-corrected chi connectivity index (χ2v) is 30.0. The molecule has 2 fully saturated rings. The number of nitrogens with one attached hydrogen (secondary N) is 4. The molecular formula is C77H111N13O13S. The Morgan fingerprint density at radius 3 is 1.33 bits per heavy atom. The van der Waals surface area contributed by atoms with Crippen molar-refractivity contribution in [3.05, 3.63) is 124 Å². The highest BCUT2D eigenvalue weighted by Gasteiger charge is 2.44. The van der Waals surface area contributed by atoms with Crippen LogP contribution in [0.3, 0.4) is 0 Å². The molecule has 1 aromatic heterocycles. The molecule has 4 aromatic rings. The fraction of sp³-hybridized carbons (Fsp3) is 0.571. The first-order valence-corrected chi connectivity index (χ1v) is 37.1. The molecule has 568 valence electrons. The number of carbonyl (C=O) groups excluding carboxylic acids is 12. The van der Waals surface area contributed by atoms with Crippen molar-refractivity contribution >= 4 is 82.2 Å². The van der Waals surface area contributed by atoms with Crippen molar-refractivity contribution in [2.45, 2.75) is 206 Å². The summed E-state index contributed by atoms with van der Waals surface area (Å²) in [6.45, 7) is 15.9. The predicted octanol–water partition coefficient (Wildman–Crippen LogP) is 4.12. The largest absolute Gasteiger partial charge is 0.391 e. The third-order valence-electron chi connectivity index (χ3n) is 19.9. The number of nitrogens with zero attached hydrogens (tertiary/aromatic N) is 9. The maximum Gasteiger partial charge on any atom is 0.248 e. The second-order valence-electron chi connectivity index (χ2n) is 29.3. The SMILES string of the molecule is CC(C)C[C@@H]1NC(=O)[C@H](Cc2ccccc2)N(C)C(=O)[C@H](C)N(C)C(=O)C[C@@H](C(=O)N2CCCCC2)NC(=O)[C@H](CC(C)C)N(C)C(=O)[C@H](Cc2ccccc2)N(C)C(=O)[C@H](Cc2ccccc2)NC(=O)[C@H](Cc2cscn2)N(C)C(=O)[C@H](C)N(C)C(=O)[C@H]([C@@H](C)O)NC(=O)[C@H](CC(C)C)N(C)C1=O. The molecule has 12 amide bonds. The normalized spacial score (nSPS) is 25.2. The summed E-state index contributed by atoms with van der Waals surface area (Å²) < 4.78 is 0. The fourth-order valence-corrected chi connectivity index (χ4v) is 13.8. The number of hydrogen-bond acceptors (Lipinski definition) is 15. The van der Waals surface area contributed by atoms with E-state index in [2.05, 4.69) is 26.3 Å². The molecule has 27 heteroatoms. The number of aromatic nitrogens is 1. The Balaban J connectivity index is 1.51. The number of aliphatic hydroxyl groups excluding tert-OH is 1. The molecule has 5 N–H and O–H groups in total. The van der Waals surface area contributed by atoms with Crippen LogP contribution in [-0.4, -0.2) is 255 Å². The Labute approximate surface area is 617 Å². The van der Waals surface area contributed by atoms with Crippen molar-refractivity contribution in [1.82, 2.24) is 65.5 Å². The van der Waals surface area contributed by atoms with Crippen molar-refractivity contribution in [3.63, 3.8) is 0 Å². The maximum absolute atomic E-state index is 15.7. The predicted molar refractivity (Wildman–Crippen MR) is 396 cm³/mol. The molecule has 0 unspecified atom stereocenters. The summed E-state index contributed by atoms with van der Waals surface area (Å²) in [5.41, 5.74) is 3.89. The molecule has 104 heavy (non-hydrogen) atoms. The fourth-order valence-electron chi connectivity index (χ4n) is 13.3. The lowest BCUT2D eigenvalue weighted by atomic mass is 9.97. The van der Waals surface area contributed by atoms with Crippen LogP contribution in [0.15, 0.2) is 102 Å². The van der Waals surface area contributed by atoms with Gasteiger partial charge >= 0.3 is 0 Å². The molecule has 0 radical (unpaired) electrons. The van der Waals surface area contributed by atoms with Gasteiger partial charge in [-0.3, -0.25) is 57.5 Å². The summed E-state index contributed by atoms with van der Waals surface area (Å²) in [6, 6.07) is 11.4. The highest BCUT2D eigenvalue weighted by Crippen LogP contribution is 2.24. The van der Waals surface area contributed by atoms with E-state index in [1.54, 1.807) is 107 Å². The lowest BCUT2D eigenvalue weighted by Gasteiger charge is -2.38. The zero-order valence-electron chi connectivity index (χ0n) is 63.4. The Kier molecular flexibility index (Phi) is 31.5. The summed E-state index contributed by atoms with van der Waals surface area (Å²) in [7, 11) is 9.73. The van der Waals surface area contributed by atoms with Gasteiger partial charge in [0.05, 0.1) is 23.7 Å². The number of aliphatic hydroxyl groups is 1. The van der Waals surface area contributed by atoms with Gasteiger partial charge in [0.1, 0.15) is 66.5 Å². The molecular weight excluding hydrogens is 1350 g/mol. The number of piperidine rings is 1. The highest BCUT2D eigenvalue weighted by molar-refractivity contribution is 7.07. The van der Waals surface area contributed by atoms with Crippen LogP contribution in [0.25, 0.3) is 0 Å². The first-order valence-electron chi connectivity index (χ1n) is 36.2. The van der Waals surface area contributed by atoms with Gasteiger partial charge in [0, 0.05) is 93.5 Å². The first-order chi connectivity index (χ1) is 49.1. The molecule has 0 bridgehead atoms. The Hall–Kier alpha value is -9.11. The van der Waals surface area contributed by atoms with Crippen LogP contribution in [0, 0.1) is 17.8 Å². The lowest BCUT2D eigenvalue weighted by Crippen LogP contribution is -2.62. The minimum absolute atomic E-state index is 0.0448. The van der Waals surface area contributed by atoms with Gasteiger partial charge in [-0.25, -0.2) is 4.98 Å². The molecule has 2 aliphatic rings. The molecule has 3 heterocycles. The van der Waals surface area contributed by atoms with Gasteiger partial charge in [-0.2, -0.15) is 0 Å². The zero-order chi connectivity index (χ0) is 77.0. The van der Waals surface area contributed by atoms with E-state index in [0.717, 1.165) is 21.1 Å². The summed E-state index contributed by atoms with van der Waals surface area (Å²) in [4.78, 5) is 196. The number of likely N-dealkylation sites (tertiary alicyclic amines) is 1. The molecule has 26 nitrogen and oxygen atoms in total. The summed E-state index contributed by atoms with van der Waals surface area (Å²) in [5, 5.41) is 24.5. The van der Waals surface area contributed by atoms with E-state index in [-0.39, 0.29) is 62.7 Å². The topological polar surface area (TPSA) is 312 Å². The summed E-state index contributed by atoms with van der Waals surface area (Å²) >= 11 is 1.25. The van der Waals surface area contributed by atoms with E-state index in [1.165, 1.54) is 101 Å². The molecule has 6 rings (SSSR count). The van der Waals surface area contributed by atoms with Gasteiger partial charge in [-0.05, 0) is 93.7 Å². The first kappa shape index (κ1) is 83.8. The monoisotopic (exact) mass is 1460 g/mol. The number of carbonyl (C=O) groups is 12. The molecule has 0 spiro atoms. The minimum Gasteiger partial charge on any atom is -0.391 e. The third kappa shape index (κ3) is 22.7. The number of amides is 12. The van der Waals surface area contributed by atoms with Crippen LogP contribution in [0.2, 0.25) is 0 Å². The van der Waals surface area contributed by atoms with Crippen LogP contribution < -0.4 is 21.3 Å². The Morgan fingerprint density at radius 2 is 0.856 bits per heavy atom. The number of hydrogen-bond donors (Lipinski definition) is 5. The minimum atomic E-state index is -1.70. The number of thiazole rings is 1. The molecule has 0 saturated carbocycles. The van der Waals surface area contributed by atoms with Crippen molar-refractivity contribution in [2.24, 2.45) is 17.8 Å². The Morgan fingerprint density at radius 1 is 0.452 bits per heavy atom. The van der Waals surface area contributed by atoms with Crippen LogP contribution in [0.5, 0.6) is 0 Å². The van der Waals surface area contributed by atoms with Gasteiger partial charge in [0.2, 0.25) is 70.9 Å². The van der Waals surface area contributed by atoms with Gasteiger partial charge in [-0.1, -0.05) is 133 Å². The average molecular weight is 1460 g/mol. The molecule has 2 saturated heterocycles. The maximum atomic E-state index is 15.7. The molecule has 3 aromatic carbocycles. The van der Waals surface area contributed by atoms with Crippen molar-refractivity contribution in [3.8, 4) is 0 Å². The van der Waals surface area contributed by atoms with E-state index in [1.807, 2.05) is 41.5 Å². The van der Waals surface area contributed by atoms with E-state index in [0.29, 0.717) is 48.3 Å². The highest BCUT2D eigenvalue weighted by atomic mass is 32.1. The van der Waals surface area contributed by atoms with E-state index < -0.39 is 150 Å².